The first-order valence-electron chi connectivity index (χ1n) is 7.66. The van der Waals surface area contributed by atoms with Gasteiger partial charge in [-0.25, -0.2) is 0 Å². The predicted octanol–water partition coefficient (Wildman–Crippen LogP) is 4.37. The predicted molar refractivity (Wildman–Crippen MR) is 91.2 cm³/mol. The number of carbonyl (C=O) groups is 2. The molecule has 0 N–H and O–H groups in total. The summed E-state index contributed by atoms with van der Waals surface area (Å²) in [6, 6.07) is 17.5. The van der Waals surface area contributed by atoms with Gasteiger partial charge < -0.3 is 4.74 Å². The summed E-state index contributed by atoms with van der Waals surface area (Å²) in [4.78, 5) is 24.5. The lowest BCUT2D eigenvalue weighted by molar-refractivity contribution is -0.147. The number of ketones is 1. The second-order valence-electron chi connectivity index (χ2n) is 6.24. The molecule has 120 valence electrons. The van der Waals surface area contributed by atoms with Gasteiger partial charge in [-0.2, -0.15) is 0 Å². The molecule has 0 radical (unpaired) electrons. The van der Waals surface area contributed by atoms with Crippen LogP contribution in [0.2, 0.25) is 0 Å². The van der Waals surface area contributed by atoms with E-state index in [1.807, 2.05) is 54.6 Å². The molecule has 0 aliphatic rings. The largest absolute Gasteiger partial charge is 0.469 e. The zero-order valence-electron chi connectivity index (χ0n) is 14.0. The van der Waals surface area contributed by atoms with Crippen molar-refractivity contribution in [1.29, 1.82) is 0 Å². The molecule has 1 unspecified atom stereocenters. The Labute approximate surface area is 137 Å². The van der Waals surface area contributed by atoms with Gasteiger partial charge in [-0.05, 0) is 11.1 Å². The van der Waals surface area contributed by atoms with Gasteiger partial charge in [0.05, 0.1) is 13.0 Å². The Morgan fingerprint density at radius 2 is 1.43 bits per heavy atom. The molecule has 3 nitrogen and oxygen atoms in total. The normalized spacial score (nSPS) is 12.5. The highest BCUT2D eigenvalue weighted by Crippen LogP contribution is 2.32. The highest BCUT2D eigenvalue weighted by Gasteiger charge is 2.39. The maximum absolute atomic E-state index is 12.8. The maximum atomic E-state index is 12.8. The molecule has 2 aromatic rings. The Morgan fingerprint density at radius 1 is 0.913 bits per heavy atom. The number of Topliss-reactive ketones (excluding diaryl/α,β-unsaturated/α-hetero) is 1. The molecule has 3 heteroatoms. The lowest BCUT2D eigenvalue weighted by atomic mass is 9.74. The number of hydrogen-bond donors (Lipinski definition) is 0. The molecule has 0 spiro atoms. The van der Waals surface area contributed by atoms with Crippen LogP contribution in [0.15, 0.2) is 54.6 Å². The maximum Gasteiger partial charge on any atom is 0.309 e. The van der Waals surface area contributed by atoms with E-state index in [9.17, 15) is 9.59 Å². The van der Waals surface area contributed by atoms with Crippen LogP contribution < -0.4 is 0 Å². The van der Waals surface area contributed by atoms with Crippen molar-refractivity contribution in [1.82, 2.24) is 0 Å². The number of rotatable bonds is 5. The first kappa shape index (κ1) is 16.9. The Morgan fingerprint density at radius 3 is 1.96 bits per heavy atom. The van der Waals surface area contributed by atoms with Crippen LogP contribution in [0.5, 0.6) is 0 Å². The monoisotopic (exact) mass is 310 g/mol. The molecule has 1 atom stereocenters. The van der Waals surface area contributed by atoms with Gasteiger partial charge in [-0.15, -0.1) is 0 Å². The lowest BCUT2D eigenvalue weighted by Gasteiger charge is -2.28. The SMILES string of the molecule is COC(=O)C(C)C(C)(C)C(=O)c1ccc(-c2ccccc2)cc1. The Hall–Kier alpha value is -2.42. The first-order chi connectivity index (χ1) is 10.9. The van der Waals surface area contributed by atoms with Crippen LogP contribution in [0.4, 0.5) is 0 Å². The van der Waals surface area contributed by atoms with E-state index in [-0.39, 0.29) is 11.8 Å². The van der Waals surface area contributed by atoms with Gasteiger partial charge >= 0.3 is 5.97 Å². The number of esters is 1. The van der Waals surface area contributed by atoms with Crippen molar-refractivity contribution >= 4 is 11.8 Å². The number of benzene rings is 2. The highest BCUT2D eigenvalue weighted by atomic mass is 16.5. The molecule has 2 rings (SSSR count). The van der Waals surface area contributed by atoms with Crippen LogP contribution in [0, 0.1) is 11.3 Å². The number of ether oxygens (including phenoxy) is 1. The molecule has 0 aliphatic heterocycles. The van der Waals surface area contributed by atoms with E-state index >= 15 is 0 Å². The van der Waals surface area contributed by atoms with Crippen LogP contribution in [-0.4, -0.2) is 18.9 Å². The van der Waals surface area contributed by atoms with Gasteiger partial charge in [0.25, 0.3) is 0 Å². The van der Waals surface area contributed by atoms with Gasteiger partial charge in [0.15, 0.2) is 5.78 Å². The number of hydrogen-bond acceptors (Lipinski definition) is 3. The molecule has 0 bridgehead atoms. The third kappa shape index (κ3) is 3.50. The first-order valence-corrected chi connectivity index (χ1v) is 7.66. The molecular formula is C20H22O3. The Bertz CT molecular complexity index is 685. The number of methoxy groups -OCH3 is 1. The molecule has 2 aromatic carbocycles. The molecule has 0 fully saturated rings. The summed E-state index contributed by atoms with van der Waals surface area (Å²) in [5, 5.41) is 0. The average Bonchev–Trinajstić information content (AvgIpc) is 2.60. The summed E-state index contributed by atoms with van der Waals surface area (Å²) in [7, 11) is 1.34. The fraction of sp³-hybridized carbons (Fsp3) is 0.300. The molecule has 0 heterocycles. The second-order valence-corrected chi connectivity index (χ2v) is 6.24. The van der Waals surface area contributed by atoms with Gasteiger partial charge in [0.2, 0.25) is 0 Å². The molecular weight excluding hydrogens is 288 g/mol. The fourth-order valence-corrected chi connectivity index (χ4v) is 2.48. The van der Waals surface area contributed by atoms with Crippen LogP contribution in [0.25, 0.3) is 11.1 Å². The van der Waals surface area contributed by atoms with Gasteiger partial charge in [-0.3, -0.25) is 9.59 Å². The minimum atomic E-state index is -0.818. The van der Waals surface area contributed by atoms with Gasteiger partial charge in [-0.1, -0.05) is 75.4 Å². The Balaban J connectivity index is 2.25. The fourth-order valence-electron chi connectivity index (χ4n) is 2.48. The minimum Gasteiger partial charge on any atom is -0.469 e. The van der Waals surface area contributed by atoms with E-state index in [4.69, 9.17) is 4.74 Å². The summed E-state index contributed by atoms with van der Waals surface area (Å²) in [5.74, 6) is -0.937. The van der Waals surface area contributed by atoms with Crippen molar-refractivity contribution < 1.29 is 14.3 Å². The highest BCUT2D eigenvalue weighted by molar-refractivity contribution is 6.02. The molecule has 0 saturated carbocycles. The van der Waals surface area contributed by atoms with Crippen molar-refractivity contribution in [2.45, 2.75) is 20.8 Å². The molecule has 0 aromatic heterocycles. The van der Waals surface area contributed by atoms with Crippen molar-refractivity contribution in [3.05, 3.63) is 60.2 Å². The standard InChI is InChI=1S/C20H22O3/c1-14(19(22)23-4)20(2,3)18(21)17-12-10-16(11-13-17)15-8-6-5-7-9-15/h5-14H,1-4H3. The summed E-state index contributed by atoms with van der Waals surface area (Å²) >= 11 is 0. The smallest absolute Gasteiger partial charge is 0.309 e. The van der Waals surface area contributed by atoms with Crippen LogP contribution in [-0.2, 0) is 9.53 Å². The van der Waals surface area contributed by atoms with E-state index in [0.29, 0.717) is 5.56 Å². The van der Waals surface area contributed by atoms with Crippen molar-refractivity contribution in [2.75, 3.05) is 7.11 Å². The summed E-state index contributed by atoms with van der Waals surface area (Å²) in [5.41, 5.74) is 1.95. The summed E-state index contributed by atoms with van der Waals surface area (Å²) < 4.78 is 4.77. The van der Waals surface area contributed by atoms with E-state index in [1.165, 1.54) is 7.11 Å². The van der Waals surface area contributed by atoms with Crippen molar-refractivity contribution in [3.8, 4) is 11.1 Å². The third-order valence-corrected chi connectivity index (χ3v) is 4.48. The third-order valence-electron chi connectivity index (χ3n) is 4.48. The van der Waals surface area contributed by atoms with Crippen molar-refractivity contribution in [2.24, 2.45) is 11.3 Å². The summed E-state index contributed by atoms with van der Waals surface area (Å²) in [6.45, 7) is 5.28. The molecule has 23 heavy (non-hydrogen) atoms. The van der Waals surface area contributed by atoms with Crippen LogP contribution in [0.1, 0.15) is 31.1 Å². The van der Waals surface area contributed by atoms with Crippen molar-refractivity contribution in [3.63, 3.8) is 0 Å². The average molecular weight is 310 g/mol. The topological polar surface area (TPSA) is 43.4 Å². The van der Waals surface area contributed by atoms with E-state index in [1.54, 1.807) is 20.8 Å². The van der Waals surface area contributed by atoms with E-state index < -0.39 is 11.3 Å². The molecule has 0 amide bonds. The Kier molecular flexibility index (Phi) is 4.99. The molecule has 0 aliphatic carbocycles. The lowest BCUT2D eigenvalue weighted by Crippen LogP contribution is -2.36. The van der Waals surface area contributed by atoms with Crippen LogP contribution in [0.3, 0.4) is 0 Å². The van der Waals surface area contributed by atoms with Gasteiger partial charge in [0.1, 0.15) is 0 Å². The second kappa shape index (κ2) is 6.78. The number of carbonyl (C=O) groups excluding carboxylic acids is 2. The van der Waals surface area contributed by atoms with E-state index in [2.05, 4.69) is 0 Å². The zero-order valence-corrected chi connectivity index (χ0v) is 14.0. The molecule has 0 saturated heterocycles. The van der Waals surface area contributed by atoms with E-state index in [0.717, 1.165) is 11.1 Å². The summed E-state index contributed by atoms with van der Waals surface area (Å²) in [6.07, 6.45) is 0. The zero-order chi connectivity index (χ0) is 17.0. The van der Waals surface area contributed by atoms with Gasteiger partial charge in [0, 0.05) is 11.0 Å². The van der Waals surface area contributed by atoms with Crippen LogP contribution >= 0.6 is 0 Å². The quantitative estimate of drug-likeness (QED) is 0.608. The minimum absolute atomic E-state index is 0.0602.